The fraction of sp³-hybridized carbons (Fsp3) is 0.278. The lowest BCUT2D eigenvalue weighted by Gasteiger charge is -2.43. The van der Waals surface area contributed by atoms with Crippen LogP contribution < -0.4 is 9.46 Å². The molecule has 2 aromatic carbocycles. The molecule has 0 saturated heterocycles. The second-order valence-corrected chi connectivity index (χ2v) is 8.42. The van der Waals surface area contributed by atoms with Crippen molar-refractivity contribution in [1.82, 2.24) is 0 Å². The van der Waals surface area contributed by atoms with Crippen LogP contribution in [-0.4, -0.2) is 15.6 Å². The van der Waals surface area contributed by atoms with Crippen LogP contribution in [0.4, 0.5) is 5.69 Å². The topological polar surface area (TPSA) is 38.3 Å². The number of ether oxygens (including phenoxy) is 1. The zero-order valence-electron chi connectivity index (χ0n) is 13.5. The van der Waals surface area contributed by atoms with Gasteiger partial charge >= 0.3 is 0 Å². The van der Waals surface area contributed by atoms with Gasteiger partial charge in [0.15, 0.2) is 0 Å². The maximum atomic E-state index is 13.0. The smallest absolute Gasteiger partial charge is 0.210 e. The zero-order chi connectivity index (χ0) is 17.5. The maximum Gasteiger partial charge on any atom is 0.210 e. The van der Waals surface area contributed by atoms with Crippen molar-refractivity contribution >= 4 is 46.6 Å². The number of aryl methyl sites for hydroxylation is 1. The van der Waals surface area contributed by atoms with Crippen molar-refractivity contribution in [2.45, 2.75) is 30.6 Å². The molecule has 1 N–H and O–H groups in total. The Morgan fingerprint density at radius 1 is 1.17 bits per heavy atom. The van der Waals surface area contributed by atoms with Crippen LogP contribution in [0.2, 0.25) is 5.02 Å². The minimum absolute atomic E-state index is 0.174. The summed E-state index contributed by atoms with van der Waals surface area (Å²) in [5.74, 6) is 0.384. The number of fused-ring (bicyclic) bond motifs is 1. The Balaban J connectivity index is 1.90. The number of anilines is 1. The molecule has 1 atom stereocenters. The van der Waals surface area contributed by atoms with Crippen LogP contribution in [0.1, 0.15) is 29.8 Å². The predicted octanol–water partition coefficient (Wildman–Crippen LogP) is 5.70. The SMILES string of the molecule is Cc1ccc(NS[C@]2(Cl)C(=O)c3ccccc3OC2(C)C)cc1Cl. The predicted molar refractivity (Wildman–Crippen MR) is 101 cm³/mol. The van der Waals surface area contributed by atoms with Crippen molar-refractivity contribution in [1.29, 1.82) is 0 Å². The number of halogens is 2. The van der Waals surface area contributed by atoms with Gasteiger partial charge in [-0.25, -0.2) is 0 Å². The number of ketones is 1. The van der Waals surface area contributed by atoms with Crippen molar-refractivity contribution in [3.8, 4) is 5.75 Å². The van der Waals surface area contributed by atoms with E-state index in [-0.39, 0.29) is 5.78 Å². The summed E-state index contributed by atoms with van der Waals surface area (Å²) in [5.41, 5.74) is 1.35. The largest absolute Gasteiger partial charge is 0.484 e. The number of carbonyl (C=O) groups is 1. The molecule has 1 aliphatic heterocycles. The van der Waals surface area contributed by atoms with E-state index < -0.39 is 9.81 Å². The summed E-state index contributed by atoms with van der Waals surface area (Å²) in [5, 5.41) is 0.653. The van der Waals surface area contributed by atoms with Crippen molar-refractivity contribution in [2.75, 3.05) is 4.72 Å². The number of nitrogens with one attached hydrogen (secondary N) is 1. The lowest BCUT2D eigenvalue weighted by Crippen LogP contribution is -2.56. The summed E-state index contributed by atoms with van der Waals surface area (Å²) >= 11 is 14.0. The standard InChI is InChI=1S/C18H17Cl2NO2S/c1-11-8-9-12(10-14(11)19)21-24-18(20)16(22)13-6-4-5-7-15(13)23-17(18,2)3/h4-10,21H,1-3H3/t18-/m1/s1. The highest BCUT2D eigenvalue weighted by atomic mass is 35.5. The minimum Gasteiger partial charge on any atom is -0.484 e. The van der Waals surface area contributed by atoms with E-state index in [0.29, 0.717) is 16.3 Å². The van der Waals surface area contributed by atoms with Gasteiger partial charge < -0.3 is 9.46 Å². The molecule has 0 unspecified atom stereocenters. The van der Waals surface area contributed by atoms with E-state index in [4.69, 9.17) is 27.9 Å². The average Bonchev–Trinajstić information content (AvgIpc) is 2.54. The molecule has 1 heterocycles. The highest BCUT2D eigenvalue weighted by Crippen LogP contribution is 2.49. The first-order valence-corrected chi connectivity index (χ1v) is 9.04. The van der Waals surface area contributed by atoms with Crippen LogP contribution in [0.25, 0.3) is 0 Å². The van der Waals surface area contributed by atoms with Gasteiger partial charge in [0.1, 0.15) is 11.4 Å². The first kappa shape index (κ1) is 17.5. The monoisotopic (exact) mass is 381 g/mol. The van der Waals surface area contributed by atoms with Crippen LogP contribution >= 0.6 is 35.1 Å². The van der Waals surface area contributed by atoms with E-state index in [1.165, 1.54) is 0 Å². The number of Topliss-reactive ketones (excluding diaryl/α,β-unsaturated/α-hetero) is 1. The van der Waals surface area contributed by atoms with Crippen molar-refractivity contribution in [2.24, 2.45) is 0 Å². The molecule has 0 saturated carbocycles. The molecule has 0 fully saturated rings. The van der Waals surface area contributed by atoms with Crippen molar-refractivity contribution in [3.05, 3.63) is 58.6 Å². The highest BCUT2D eigenvalue weighted by Gasteiger charge is 2.57. The van der Waals surface area contributed by atoms with Gasteiger partial charge in [0, 0.05) is 10.7 Å². The molecule has 126 valence electrons. The number of rotatable bonds is 3. The van der Waals surface area contributed by atoms with Crippen LogP contribution in [0.3, 0.4) is 0 Å². The molecule has 0 aromatic heterocycles. The van der Waals surface area contributed by atoms with E-state index in [2.05, 4.69) is 4.72 Å². The van der Waals surface area contributed by atoms with Crippen LogP contribution in [-0.2, 0) is 0 Å². The van der Waals surface area contributed by atoms with Gasteiger partial charge in [0.05, 0.1) is 5.56 Å². The Labute approximate surface area is 155 Å². The third kappa shape index (κ3) is 2.87. The maximum absolute atomic E-state index is 13.0. The summed E-state index contributed by atoms with van der Waals surface area (Å²) in [6, 6.07) is 12.8. The minimum atomic E-state index is -1.31. The summed E-state index contributed by atoms with van der Waals surface area (Å²) in [6.45, 7) is 5.55. The number of hydrogen-bond donors (Lipinski definition) is 1. The molecule has 0 spiro atoms. The molecule has 0 amide bonds. The second kappa shape index (κ2) is 6.17. The molecule has 0 aliphatic carbocycles. The van der Waals surface area contributed by atoms with Gasteiger partial charge in [-0.3, -0.25) is 4.79 Å². The molecular weight excluding hydrogens is 365 g/mol. The summed E-state index contributed by atoms with van der Waals surface area (Å²) in [7, 11) is 0. The highest BCUT2D eigenvalue weighted by molar-refractivity contribution is 8.04. The van der Waals surface area contributed by atoms with Crippen LogP contribution in [0.5, 0.6) is 5.75 Å². The van der Waals surface area contributed by atoms with Gasteiger partial charge in [-0.1, -0.05) is 41.4 Å². The van der Waals surface area contributed by atoms with Crippen LogP contribution in [0, 0.1) is 6.92 Å². The third-order valence-corrected chi connectivity index (χ3v) is 6.61. The molecule has 2 aromatic rings. The molecular formula is C18H17Cl2NO2S. The fourth-order valence-electron chi connectivity index (χ4n) is 2.49. The van der Waals surface area contributed by atoms with E-state index in [0.717, 1.165) is 23.2 Å². The normalized spacial score (nSPS) is 21.8. The van der Waals surface area contributed by atoms with Gasteiger partial charge in [0.2, 0.25) is 9.99 Å². The zero-order valence-corrected chi connectivity index (χ0v) is 15.9. The Morgan fingerprint density at radius 2 is 1.88 bits per heavy atom. The van der Waals surface area contributed by atoms with Crippen LogP contribution in [0.15, 0.2) is 42.5 Å². The lowest BCUT2D eigenvalue weighted by molar-refractivity contribution is 0.0579. The van der Waals surface area contributed by atoms with E-state index in [1.807, 2.05) is 39.0 Å². The molecule has 3 nitrogen and oxygen atoms in total. The molecule has 24 heavy (non-hydrogen) atoms. The molecule has 0 radical (unpaired) electrons. The summed E-state index contributed by atoms with van der Waals surface area (Å²) in [6.07, 6.45) is 0. The summed E-state index contributed by atoms with van der Waals surface area (Å²) in [4.78, 5) is 13.0. The molecule has 0 bridgehead atoms. The molecule has 6 heteroatoms. The Morgan fingerprint density at radius 3 is 2.58 bits per heavy atom. The van der Waals surface area contributed by atoms with Crippen molar-refractivity contribution in [3.63, 3.8) is 0 Å². The van der Waals surface area contributed by atoms with Gasteiger partial charge in [-0.05, 0) is 62.5 Å². The quantitative estimate of drug-likeness (QED) is 0.546. The third-order valence-electron chi connectivity index (χ3n) is 4.04. The number of para-hydroxylation sites is 1. The Hall–Kier alpha value is -1.36. The Kier molecular flexibility index (Phi) is 4.49. The molecule has 1 aliphatic rings. The number of alkyl halides is 1. The van der Waals surface area contributed by atoms with Gasteiger partial charge in [0.25, 0.3) is 0 Å². The number of carbonyl (C=O) groups excluding carboxylic acids is 1. The summed E-state index contributed by atoms with van der Waals surface area (Å²) < 4.78 is 7.83. The lowest BCUT2D eigenvalue weighted by atomic mass is 9.92. The van der Waals surface area contributed by atoms with Gasteiger partial charge in [-0.2, -0.15) is 0 Å². The van der Waals surface area contributed by atoms with E-state index >= 15 is 0 Å². The van der Waals surface area contributed by atoms with Gasteiger partial charge in [-0.15, -0.1) is 0 Å². The first-order valence-electron chi connectivity index (χ1n) is 7.46. The Bertz CT molecular complexity index is 809. The first-order chi connectivity index (χ1) is 11.2. The van der Waals surface area contributed by atoms with Crippen molar-refractivity contribution < 1.29 is 9.53 Å². The molecule has 3 rings (SSSR count). The fourth-order valence-corrected chi connectivity index (χ4v) is 3.80. The number of benzene rings is 2. The number of hydrogen-bond acceptors (Lipinski definition) is 4. The van der Waals surface area contributed by atoms with E-state index in [9.17, 15) is 4.79 Å². The second-order valence-electron chi connectivity index (χ2n) is 6.20. The van der Waals surface area contributed by atoms with E-state index in [1.54, 1.807) is 24.3 Å². The average molecular weight is 382 g/mol.